The summed E-state index contributed by atoms with van der Waals surface area (Å²) in [6.45, 7) is 9.69. The van der Waals surface area contributed by atoms with Crippen LogP contribution in [0.25, 0.3) is 10.9 Å². The van der Waals surface area contributed by atoms with Gasteiger partial charge in [-0.25, -0.2) is 4.39 Å². The Morgan fingerprint density at radius 1 is 1.06 bits per heavy atom. The molecule has 0 atom stereocenters. The van der Waals surface area contributed by atoms with Crippen LogP contribution in [0.1, 0.15) is 22.4 Å². The molecule has 162 valence electrons. The van der Waals surface area contributed by atoms with Crippen LogP contribution in [0.15, 0.2) is 36.4 Å². The van der Waals surface area contributed by atoms with Crippen LogP contribution < -0.4 is 4.90 Å². The molecule has 1 aromatic heterocycles. The molecule has 0 saturated carbocycles. The lowest BCUT2D eigenvalue weighted by molar-refractivity contribution is -0.133. The smallest absolute Gasteiger partial charge is 0.237 e. The second kappa shape index (κ2) is 8.00. The van der Waals surface area contributed by atoms with Crippen LogP contribution in [0.2, 0.25) is 0 Å². The highest BCUT2D eigenvalue weighted by Gasteiger charge is 2.27. The summed E-state index contributed by atoms with van der Waals surface area (Å²) in [6, 6.07) is 11.3. The maximum absolute atomic E-state index is 13.7. The minimum absolute atomic E-state index is 0.164. The summed E-state index contributed by atoms with van der Waals surface area (Å²) >= 11 is 0. The summed E-state index contributed by atoms with van der Waals surface area (Å²) in [6.07, 6.45) is 0.789. The van der Waals surface area contributed by atoms with Gasteiger partial charge >= 0.3 is 0 Å². The fourth-order valence-corrected chi connectivity index (χ4v) is 4.92. The number of benzene rings is 2. The number of amides is 1. The van der Waals surface area contributed by atoms with Crippen molar-refractivity contribution in [3.05, 3.63) is 64.6 Å². The van der Waals surface area contributed by atoms with Crippen molar-refractivity contribution in [3.8, 4) is 0 Å². The number of rotatable bonds is 3. The Morgan fingerprint density at radius 3 is 2.68 bits per heavy atom. The van der Waals surface area contributed by atoms with Crippen LogP contribution in [-0.4, -0.2) is 60.0 Å². The summed E-state index contributed by atoms with van der Waals surface area (Å²) < 4.78 is 13.7. The van der Waals surface area contributed by atoms with E-state index in [-0.39, 0.29) is 11.7 Å². The van der Waals surface area contributed by atoms with Crippen LogP contribution in [0.4, 0.5) is 10.1 Å². The molecule has 2 aliphatic rings. The Bertz CT molecular complexity index is 1130. The van der Waals surface area contributed by atoms with Gasteiger partial charge in [0.2, 0.25) is 5.91 Å². The summed E-state index contributed by atoms with van der Waals surface area (Å²) in [4.78, 5) is 23.0. The van der Waals surface area contributed by atoms with Gasteiger partial charge in [0, 0.05) is 73.5 Å². The van der Waals surface area contributed by atoms with Gasteiger partial charge in [0.05, 0.1) is 6.54 Å². The van der Waals surface area contributed by atoms with Crippen molar-refractivity contribution in [2.24, 2.45) is 0 Å². The van der Waals surface area contributed by atoms with Crippen molar-refractivity contribution in [2.75, 3.05) is 44.2 Å². The summed E-state index contributed by atoms with van der Waals surface area (Å²) in [5.74, 6) is -0.0731. The highest BCUT2D eigenvalue weighted by atomic mass is 19.1. The number of carbonyl (C=O) groups excluding carboxylic acids is 1. The van der Waals surface area contributed by atoms with Crippen LogP contribution in [0.3, 0.4) is 0 Å². The lowest BCUT2D eigenvalue weighted by atomic mass is 10.0. The first-order valence-electron chi connectivity index (χ1n) is 11.1. The molecule has 3 heterocycles. The molecule has 31 heavy (non-hydrogen) atoms. The van der Waals surface area contributed by atoms with Gasteiger partial charge in [-0.1, -0.05) is 12.1 Å². The Kier molecular flexibility index (Phi) is 5.18. The third-order valence-corrected chi connectivity index (χ3v) is 6.94. The Balaban J connectivity index is 1.21. The van der Waals surface area contributed by atoms with Crippen LogP contribution in [-0.2, 0) is 17.8 Å². The lowest BCUT2D eigenvalue weighted by Crippen LogP contribution is -2.50. The van der Waals surface area contributed by atoms with Gasteiger partial charge in [-0.05, 0) is 49.2 Å². The standard InChI is InChI=1S/C25H29FN4O/c1-17-4-3-5-24(18(17)2)29-12-10-28(11-13-29)16-25(31)30-9-8-23-21(15-30)20-14-19(26)6-7-22(20)27-23/h3-7,14,27H,8-13,15-16H2,1-2H3. The van der Waals surface area contributed by atoms with E-state index in [2.05, 4.69) is 46.8 Å². The number of anilines is 1. The average molecular weight is 421 g/mol. The SMILES string of the molecule is Cc1cccc(N2CCN(CC(=O)N3CCc4[nH]c5ccc(F)cc5c4C3)CC2)c1C. The number of nitrogens with one attached hydrogen (secondary N) is 1. The molecule has 5 rings (SSSR count). The van der Waals surface area contributed by atoms with E-state index in [1.807, 2.05) is 4.90 Å². The third-order valence-electron chi connectivity index (χ3n) is 6.94. The Hall–Kier alpha value is -2.86. The molecule has 1 N–H and O–H groups in total. The van der Waals surface area contributed by atoms with Gasteiger partial charge in [-0.2, -0.15) is 0 Å². The number of aromatic amines is 1. The lowest BCUT2D eigenvalue weighted by Gasteiger charge is -2.38. The first-order valence-corrected chi connectivity index (χ1v) is 11.1. The molecular formula is C25H29FN4O. The number of hydrogen-bond donors (Lipinski definition) is 1. The number of carbonyl (C=O) groups is 1. The van der Waals surface area contributed by atoms with Gasteiger partial charge in [-0.3, -0.25) is 9.69 Å². The van der Waals surface area contributed by atoms with Gasteiger partial charge < -0.3 is 14.8 Å². The minimum atomic E-state index is -0.237. The van der Waals surface area contributed by atoms with Crippen molar-refractivity contribution in [1.29, 1.82) is 0 Å². The predicted molar refractivity (Wildman–Crippen MR) is 122 cm³/mol. The van der Waals surface area contributed by atoms with E-state index in [0.717, 1.165) is 54.8 Å². The quantitative estimate of drug-likeness (QED) is 0.704. The van der Waals surface area contributed by atoms with E-state index >= 15 is 0 Å². The summed E-state index contributed by atoms with van der Waals surface area (Å²) in [5.41, 5.74) is 7.10. The van der Waals surface area contributed by atoms with Crippen LogP contribution in [0.5, 0.6) is 0 Å². The zero-order valence-corrected chi connectivity index (χ0v) is 18.2. The van der Waals surface area contributed by atoms with Crippen molar-refractivity contribution < 1.29 is 9.18 Å². The van der Waals surface area contributed by atoms with E-state index in [4.69, 9.17) is 0 Å². The van der Waals surface area contributed by atoms with E-state index in [9.17, 15) is 9.18 Å². The van der Waals surface area contributed by atoms with Gasteiger partial charge in [0.25, 0.3) is 0 Å². The van der Waals surface area contributed by atoms with E-state index in [1.54, 1.807) is 12.1 Å². The van der Waals surface area contributed by atoms with Crippen molar-refractivity contribution in [1.82, 2.24) is 14.8 Å². The molecule has 5 nitrogen and oxygen atoms in total. The molecule has 0 unspecified atom stereocenters. The molecule has 1 saturated heterocycles. The fraction of sp³-hybridized carbons (Fsp3) is 0.400. The highest BCUT2D eigenvalue weighted by Crippen LogP contribution is 2.29. The second-order valence-corrected chi connectivity index (χ2v) is 8.82. The number of fused-ring (bicyclic) bond motifs is 3. The van der Waals surface area contributed by atoms with Crippen LogP contribution >= 0.6 is 0 Å². The molecule has 0 spiro atoms. The largest absolute Gasteiger partial charge is 0.369 e. The highest BCUT2D eigenvalue weighted by molar-refractivity contribution is 5.86. The molecule has 0 aliphatic carbocycles. The molecule has 6 heteroatoms. The number of piperazine rings is 1. The van der Waals surface area contributed by atoms with Crippen molar-refractivity contribution >= 4 is 22.5 Å². The number of halogens is 1. The monoisotopic (exact) mass is 420 g/mol. The van der Waals surface area contributed by atoms with Gasteiger partial charge in [0.1, 0.15) is 5.82 Å². The van der Waals surface area contributed by atoms with Gasteiger partial charge in [0.15, 0.2) is 0 Å². The zero-order chi connectivity index (χ0) is 21.5. The van der Waals surface area contributed by atoms with E-state index in [1.165, 1.54) is 22.9 Å². The van der Waals surface area contributed by atoms with Crippen LogP contribution in [0, 0.1) is 19.7 Å². The van der Waals surface area contributed by atoms with Crippen molar-refractivity contribution in [2.45, 2.75) is 26.8 Å². The van der Waals surface area contributed by atoms with Crippen molar-refractivity contribution in [3.63, 3.8) is 0 Å². The molecule has 1 fully saturated rings. The van der Waals surface area contributed by atoms with E-state index in [0.29, 0.717) is 19.6 Å². The molecule has 2 aromatic carbocycles. The summed E-state index contributed by atoms with van der Waals surface area (Å²) in [5, 5.41) is 0.898. The third kappa shape index (κ3) is 3.81. The molecule has 0 bridgehead atoms. The number of hydrogen-bond acceptors (Lipinski definition) is 3. The molecule has 1 amide bonds. The number of H-pyrrole nitrogens is 1. The number of aryl methyl sites for hydroxylation is 1. The molecule has 2 aliphatic heterocycles. The fourth-order valence-electron chi connectivity index (χ4n) is 4.92. The molecule has 3 aromatic rings. The second-order valence-electron chi connectivity index (χ2n) is 8.82. The maximum Gasteiger partial charge on any atom is 0.237 e. The van der Waals surface area contributed by atoms with E-state index < -0.39 is 0 Å². The Labute approximate surface area is 182 Å². The molecular weight excluding hydrogens is 391 g/mol. The zero-order valence-electron chi connectivity index (χ0n) is 18.2. The maximum atomic E-state index is 13.7. The first kappa shape index (κ1) is 20.1. The predicted octanol–water partition coefficient (Wildman–Crippen LogP) is 3.63. The van der Waals surface area contributed by atoms with Gasteiger partial charge in [-0.15, -0.1) is 0 Å². The minimum Gasteiger partial charge on any atom is -0.369 e. The molecule has 0 radical (unpaired) electrons. The average Bonchev–Trinajstić information content (AvgIpc) is 3.13. The first-order chi connectivity index (χ1) is 15.0. The normalized spacial score (nSPS) is 17.3. The topological polar surface area (TPSA) is 42.6 Å². The number of nitrogens with zero attached hydrogens (tertiary/aromatic N) is 3. The number of aromatic nitrogens is 1. The Morgan fingerprint density at radius 2 is 1.87 bits per heavy atom. The summed E-state index contributed by atoms with van der Waals surface area (Å²) in [7, 11) is 0.